The van der Waals surface area contributed by atoms with Crippen molar-refractivity contribution in [2.45, 2.75) is 32.9 Å². The van der Waals surface area contributed by atoms with Crippen molar-refractivity contribution in [3.8, 4) is 0 Å². The summed E-state index contributed by atoms with van der Waals surface area (Å²) in [5.41, 5.74) is 1.18. The van der Waals surface area contributed by atoms with Crippen LogP contribution in [0.15, 0.2) is 12.2 Å². The van der Waals surface area contributed by atoms with Crippen molar-refractivity contribution in [3.63, 3.8) is 0 Å². The van der Waals surface area contributed by atoms with Crippen molar-refractivity contribution < 1.29 is 4.74 Å². The largest absolute Gasteiger partial charge is 0.383 e. The van der Waals surface area contributed by atoms with Crippen LogP contribution in [0.3, 0.4) is 0 Å². The highest BCUT2D eigenvalue weighted by Gasteiger charge is 2.14. The molecule has 0 heterocycles. The first-order valence-electron chi connectivity index (χ1n) is 5.54. The first-order valence-corrected chi connectivity index (χ1v) is 5.54. The normalized spacial score (nSPS) is 13.5. The third-order valence-electron chi connectivity index (χ3n) is 2.26. The monoisotopic (exact) mass is 214 g/mol. The zero-order chi connectivity index (χ0) is 11.8. The molecule has 3 heteroatoms. The average molecular weight is 214 g/mol. The van der Waals surface area contributed by atoms with Gasteiger partial charge in [0.2, 0.25) is 0 Å². The predicted octanol–water partition coefficient (Wildman–Crippen LogP) is 1.51. The number of nitrogens with one attached hydrogen (secondary N) is 1. The van der Waals surface area contributed by atoms with Crippen LogP contribution in [0.2, 0.25) is 0 Å². The lowest BCUT2D eigenvalue weighted by molar-refractivity contribution is 0.109. The third kappa shape index (κ3) is 7.54. The number of hydrogen-bond donors (Lipinski definition) is 1. The van der Waals surface area contributed by atoms with Gasteiger partial charge in [0.15, 0.2) is 0 Å². The molecule has 0 rings (SSSR count). The topological polar surface area (TPSA) is 24.5 Å². The van der Waals surface area contributed by atoms with Crippen LogP contribution in [-0.2, 0) is 4.74 Å². The maximum atomic E-state index is 5.23. The summed E-state index contributed by atoms with van der Waals surface area (Å²) in [6, 6.07) is 0.927. The summed E-state index contributed by atoms with van der Waals surface area (Å²) in [6.07, 6.45) is 0. The number of likely N-dealkylation sites (N-methyl/N-ethyl adjacent to an activating group) is 1. The van der Waals surface area contributed by atoms with Gasteiger partial charge in [-0.15, -0.1) is 0 Å². The smallest absolute Gasteiger partial charge is 0.0630 e. The number of hydrogen-bond acceptors (Lipinski definition) is 3. The van der Waals surface area contributed by atoms with E-state index in [9.17, 15) is 0 Å². The van der Waals surface area contributed by atoms with Crippen molar-refractivity contribution in [1.82, 2.24) is 10.2 Å². The van der Waals surface area contributed by atoms with Gasteiger partial charge in [0.05, 0.1) is 6.61 Å². The van der Waals surface area contributed by atoms with E-state index in [2.05, 4.69) is 44.6 Å². The molecule has 0 saturated carbocycles. The minimum Gasteiger partial charge on any atom is -0.383 e. The second kappa shape index (κ2) is 7.85. The van der Waals surface area contributed by atoms with Gasteiger partial charge in [-0.1, -0.05) is 26.0 Å². The first-order chi connectivity index (χ1) is 6.97. The standard InChI is InChI=1S/C12H26N2O/c1-10(2)8-14(5)12(9-15-6)7-13-11(3)4/h11-13H,1,7-9H2,2-6H3. The van der Waals surface area contributed by atoms with Crippen molar-refractivity contribution in [1.29, 1.82) is 0 Å². The van der Waals surface area contributed by atoms with Crippen LogP contribution in [0.1, 0.15) is 20.8 Å². The number of methoxy groups -OCH3 is 1. The Labute approximate surface area is 94.5 Å². The van der Waals surface area contributed by atoms with E-state index in [1.165, 1.54) is 5.57 Å². The molecule has 1 atom stereocenters. The summed E-state index contributed by atoms with van der Waals surface area (Å²) in [5.74, 6) is 0. The lowest BCUT2D eigenvalue weighted by atomic mass is 10.2. The Morgan fingerprint density at radius 2 is 2.07 bits per heavy atom. The average Bonchev–Trinajstić information content (AvgIpc) is 2.10. The highest BCUT2D eigenvalue weighted by molar-refractivity contribution is 4.92. The molecule has 0 aromatic heterocycles. The van der Waals surface area contributed by atoms with Crippen molar-refractivity contribution >= 4 is 0 Å². The fourth-order valence-corrected chi connectivity index (χ4v) is 1.46. The first kappa shape index (κ1) is 14.6. The molecular formula is C12H26N2O. The molecule has 0 spiro atoms. The van der Waals surface area contributed by atoms with E-state index in [0.717, 1.165) is 19.7 Å². The molecule has 1 N–H and O–H groups in total. The number of rotatable bonds is 8. The molecule has 0 fully saturated rings. The van der Waals surface area contributed by atoms with E-state index in [1.54, 1.807) is 7.11 Å². The van der Waals surface area contributed by atoms with Gasteiger partial charge in [-0.2, -0.15) is 0 Å². The zero-order valence-corrected chi connectivity index (χ0v) is 10.8. The molecular weight excluding hydrogens is 188 g/mol. The fraction of sp³-hybridized carbons (Fsp3) is 0.833. The highest BCUT2D eigenvalue weighted by atomic mass is 16.5. The minimum atomic E-state index is 0.411. The zero-order valence-electron chi connectivity index (χ0n) is 10.8. The van der Waals surface area contributed by atoms with Gasteiger partial charge in [0, 0.05) is 32.3 Å². The number of nitrogens with zero attached hydrogens (tertiary/aromatic N) is 1. The van der Waals surface area contributed by atoms with E-state index in [4.69, 9.17) is 4.74 Å². The Kier molecular flexibility index (Phi) is 7.65. The molecule has 0 aromatic carbocycles. The van der Waals surface area contributed by atoms with Crippen LogP contribution in [-0.4, -0.2) is 50.8 Å². The Balaban J connectivity index is 4.05. The van der Waals surface area contributed by atoms with Crippen LogP contribution in [0, 0.1) is 0 Å². The van der Waals surface area contributed by atoms with Crippen LogP contribution in [0.25, 0.3) is 0 Å². The molecule has 1 unspecified atom stereocenters. The second-order valence-electron chi connectivity index (χ2n) is 4.54. The maximum absolute atomic E-state index is 5.23. The van der Waals surface area contributed by atoms with E-state index >= 15 is 0 Å². The fourth-order valence-electron chi connectivity index (χ4n) is 1.46. The van der Waals surface area contributed by atoms with Gasteiger partial charge in [0.25, 0.3) is 0 Å². The Morgan fingerprint density at radius 3 is 2.47 bits per heavy atom. The van der Waals surface area contributed by atoms with Crippen LogP contribution >= 0.6 is 0 Å². The summed E-state index contributed by atoms with van der Waals surface area (Å²) in [5, 5.41) is 3.43. The van der Waals surface area contributed by atoms with Gasteiger partial charge in [-0.3, -0.25) is 4.90 Å². The Morgan fingerprint density at radius 1 is 1.47 bits per heavy atom. The summed E-state index contributed by atoms with van der Waals surface area (Å²) in [6.45, 7) is 12.9. The molecule has 0 aliphatic rings. The highest BCUT2D eigenvalue weighted by Crippen LogP contribution is 2.00. The Hall–Kier alpha value is -0.380. The van der Waals surface area contributed by atoms with E-state index < -0.39 is 0 Å². The summed E-state index contributed by atoms with van der Waals surface area (Å²) >= 11 is 0. The number of ether oxygens (including phenoxy) is 1. The predicted molar refractivity (Wildman–Crippen MR) is 66.2 cm³/mol. The van der Waals surface area contributed by atoms with E-state index in [1.807, 2.05) is 0 Å². The van der Waals surface area contributed by atoms with Gasteiger partial charge in [-0.05, 0) is 14.0 Å². The summed E-state index contributed by atoms with van der Waals surface area (Å²) in [4.78, 5) is 2.28. The molecule has 90 valence electrons. The summed E-state index contributed by atoms with van der Waals surface area (Å²) in [7, 11) is 3.86. The van der Waals surface area contributed by atoms with E-state index in [0.29, 0.717) is 12.1 Å². The SMILES string of the molecule is C=C(C)CN(C)C(CNC(C)C)COC. The van der Waals surface area contributed by atoms with Crippen LogP contribution in [0.5, 0.6) is 0 Å². The lowest BCUT2D eigenvalue weighted by Crippen LogP contribution is -2.45. The molecule has 0 bridgehead atoms. The molecule has 0 aromatic rings. The van der Waals surface area contributed by atoms with Crippen molar-refractivity contribution in [3.05, 3.63) is 12.2 Å². The molecule has 0 aliphatic heterocycles. The third-order valence-corrected chi connectivity index (χ3v) is 2.26. The molecule has 0 saturated heterocycles. The minimum absolute atomic E-state index is 0.411. The van der Waals surface area contributed by atoms with Gasteiger partial charge >= 0.3 is 0 Å². The molecule has 0 amide bonds. The van der Waals surface area contributed by atoms with Crippen molar-refractivity contribution in [2.75, 3.05) is 33.9 Å². The maximum Gasteiger partial charge on any atom is 0.0630 e. The van der Waals surface area contributed by atoms with Crippen LogP contribution in [0.4, 0.5) is 0 Å². The van der Waals surface area contributed by atoms with Gasteiger partial charge < -0.3 is 10.1 Å². The van der Waals surface area contributed by atoms with Crippen LogP contribution < -0.4 is 5.32 Å². The lowest BCUT2D eigenvalue weighted by Gasteiger charge is -2.28. The molecule has 0 aliphatic carbocycles. The summed E-state index contributed by atoms with van der Waals surface area (Å²) < 4.78 is 5.23. The molecule has 0 radical (unpaired) electrons. The quantitative estimate of drug-likeness (QED) is 0.620. The van der Waals surface area contributed by atoms with Gasteiger partial charge in [0.1, 0.15) is 0 Å². The molecule has 15 heavy (non-hydrogen) atoms. The van der Waals surface area contributed by atoms with Gasteiger partial charge in [-0.25, -0.2) is 0 Å². The molecule has 3 nitrogen and oxygen atoms in total. The Bertz CT molecular complexity index is 180. The second-order valence-corrected chi connectivity index (χ2v) is 4.54. The van der Waals surface area contributed by atoms with Crippen molar-refractivity contribution in [2.24, 2.45) is 0 Å². The van der Waals surface area contributed by atoms with E-state index in [-0.39, 0.29) is 0 Å².